The van der Waals surface area contributed by atoms with Crippen LogP contribution in [0.5, 0.6) is 0 Å². The van der Waals surface area contributed by atoms with E-state index in [1.165, 1.54) is 0 Å². The number of aromatic nitrogens is 2. The number of carboxylic acids is 1. The maximum atomic E-state index is 12.8. The molecule has 0 aliphatic rings. The third kappa shape index (κ3) is 2.75. The smallest absolute Gasteiger partial charge is 0.346 e. The Morgan fingerprint density at radius 2 is 1.96 bits per heavy atom. The molecule has 0 amide bonds. The maximum absolute atomic E-state index is 12.8. The molecule has 23 heavy (non-hydrogen) atoms. The zero-order chi connectivity index (χ0) is 16.7. The Morgan fingerprint density at radius 3 is 2.57 bits per heavy atom. The number of aromatic carboxylic acids is 1. The molecular weight excluding hydrogens is 336 g/mol. The molecule has 0 spiro atoms. The number of hydrogen-bond acceptors (Lipinski definition) is 4. The zero-order valence-corrected chi connectivity index (χ0v) is 14.0. The highest BCUT2D eigenvalue weighted by molar-refractivity contribution is 7.20. The number of thiophene rings is 1. The van der Waals surface area contributed by atoms with Crippen LogP contribution in [0.4, 0.5) is 0 Å². The van der Waals surface area contributed by atoms with E-state index in [0.717, 1.165) is 16.9 Å². The van der Waals surface area contributed by atoms with Gasteiger partial charge >= 0.3 is 5.97 Å². The number of carbonyl (C=O) groups is 1. The molecular formula is C16H13ClN2O3S. The van der Waals surface area contributed by atoms with E-state index in [-0.39, 0.29) is 10.4 Å². The second-order valence-electron chi connectivity index (χ2n) is 5.22. The summed E-state index contributed by atoms with van der Waals surface area (Å²) < 4.78 is 1.55. The van der Waals surface area contributed by atoms with Gasteiger partial charge in [-0.05, 0) is 37.1 Å². The van der Waals surface area contributed by atoms with Crippen molar-refractivity contribution in [2.24, 2.45) is 0 Å². The summed E-state index contributed by atoms with van der Waals surface area (Å²) in [6, 6.07) is 7.23. The highest BCUT2D eigenvalue weighted by Crippen LogP contribution is 2.27. The molecule has 0 aliphatic heterocycles. The van der Waals surface area contributed by atoms with Gasteiger partial charge in [-0.15, -0.1) is 11.3 Å². The quantitative estimate of drug-likeness (QED) is 0.786. The Morgan fingerprint density at radius 1 is 1.30 bits per heavy atom. The maximum Gasteiger partial charge on any atom is 0.346 e. The SMILES string of the molecule is Cc1c(C(=O)O)sc2nc(C)n(Cc3ccc(Cl)cc3)c(=O)c12. The third-order valence-corrected chi connectivity index (χ3v) is 5.12. The molecule has 2 heterocycles. The van der Waals surface area contributed by atoms with Crippen LogP contribution in [0, 0.1) is 13.8 Å². The number of carboxylic acid groups (broad SMARTS) is 1. The molecule has 0 radical (unpaired) electrons. The highest BCUT2D eigenvalue weighted by atomic mass is 35.5. The third-order valence-electron chi connectivity index (χ3n) is 3.69. The molecule has 5 nitrogen and oxygen atoms in total. The number of rotatable bonds is 3. The lowest BCUT2D eigenvalue weighted by atomic mass is 10.2. The number of hydrogen-bond donors (Lipinski definition) is 1. The first-order valence-corrected chi connectivity index (χ1v) is 8.06. The Labute approximate surface area is 140 Å². The summed E-state index contributed by atoms with van der Waals surface area (Å²) in [6.07, 6.45) is 0. The van der Waals surface area contributed by atoms with Crippen molar-refractivity contribution in [3.63, 3.8) is 0 Å². The first-order valence-electron chi connectivity index (χ1n) is 6.86. The van der Waals surface area contributed by atoms with Gasteiger partial charge in [0.25, 0.3) is 5.56 Å². The van der Waals surface area contributed by atoms with Crippen LogP contribution in [0.3, 0.4) is 0 Å². The van der Waals surface area contributed by atoms with Crippen LogP contribution >= 0.6 is 22.9 Å². The van der Waals surface area contributed by atoms with Crippen molar-refractivity contribution >= 4 is 39.1 Å². The van der Waals surface area contributed by atoms with Crippen LogP contribution in [0.1, 0.15) is 26.6 Å². The predicted molar refractivity (Wildman–Crippen MR) is 90.9 cm³/mol. The summed E-state index contributed by atoms with van der Waals surface area (Å²) in [7, 11) is 0. The number of fused-ring (bicyclic) bond motifs is 1. The van der Waals surface area contributed by atoms with Gasteiger partial charge in [0.15, 0.2) is 0 Å². The molecule has 0 unspecified atom stereocenters. The average Bonchev–Trinajstić information content (AvgIpc) is 2.82. The summed E-state index contributed by atoms with van der Waals surface area (Å²) >= 11 is 6.91. The van der Waals surface area contributed by atoms with E-state index < -0.39 is 5.97 Å². The average molecular weight is 349 g/mol. The monoisotopic (exact) mass is 348 g/mol. The van der Waals surface area contributed by atoms with E-state index >= 15 is 0 Å². The summed E-state index contributed by atoms with van der Waals surface area (Å²) in [5, 5.41) is 10.2. The summed E-state index contributed by atoms with van der Waals surface area (Å²) in [4.78, 5) is 29.1. The van der Waals surface area contributed by atoms with Crippen LogP contribution < -0.4 is 5.56 Å². The fraction of sp³-hybridized carbons (Fsp3) is 0.188. The van der Waals surface area contributed by atoms with Gasteiger partial charge in [0.05, 0.1) is 11.9 Å². The molecule has 1 N–H and O–H groups in total. The molecule has 118 valence electrons. The molecule has 3 aromatic rings. The van der Waals surface area contributed by atoms with Gasteiger partial charge in [0, 0.05) is 5.02 Å². The van der Waals surface area contributed by atoms with Crippen LogP contribution in [0.2, 0.25) is 5.02 Å². The topological polar surface area (TPSA) is 72.2 Å². The lowest BCUT2D eigenvalue weighted by molar-refractivity contribution is 0.0701. The normalized spacial score (nSPS) is 11.1. The van der Waals surface area contributed by atoms with Gasteiger partial charge in [-0.25, -0.2) is 9.78 Å². The van der Waals surface area contributed by atoms with Crippen LogP contribution in [0.15, 0.2) is 29.1 Å². The van der Waals surface area contributed by atoms with Crippen molar-refractivity contribution in [1.82, 2.24) is 9.55 Å². The van der Waals surface area contributed by atoms with Gasteiger partial charge < -0.3 is 5.11 Å². The minimum atomic E-state index is -1.04. The van der Waals surface area contributed by atoms with Crippen molar-refractivity contribution in [3.05, 3.63) is 61.5 Å². The molecule has 0 aliphatic carbocycles. The second kappa shape index (κ2) is 5.79. The Kier molecular flexibility index (Phi) is 3.95. The standard InChI is InChI=1S/C16H13ClN2O3S/c1-8-12-14(23-13(8)16(21)22)18-9(2)19(15(12)20)7-10-3-5-11(17)6-4-10/h3-6H,7H2,1-2H3,(H,21,22). The number of halogens is 1. The van der Waals surface area contributed by atoms with Crippen LogP contribution in [-0.2, 0) is 6.54 Å². The van der Waals surface area contributed by atoms with Crippen LogP contribution in [-0.4, -0.2) is 20.6 Å². The minimum Gasteiger partial charge on any atom is -0.477 e. The van der Waals surface area contributed by atoms with E-state index in [1.807, 2.05) is 12.1 Å². The molecule has 3 rings (SSSR count). The number of nitrogens with zero attached hydrogens (tertiary/aromatic N) is 2. The highest BCUT2D eigenvalue weighted by Gasteiger charge is 2.20. The molecule has 0 fully saturated rings. The van der Waals surface area contributed by atoms with E-state index in [4.69, 9.17) is 11.6 Å². The first-order chi connectivity index (χ1) is 10.9. The van der Waals surface area contributed by atoms with Crippen molar-refractivity contribution in [1.29, 1.82) is 0 Å². The van der Waals surface area contributed by atoms with Gasteiger partial charge in [-0.1, -0.05) is 23.7 Å². The lowest BCUT2D eigenvalue weighted by Gasteiger charge is -2.10. The predicted octanol–water partition coefficient (Wildman–Crippen LogP) is 3.47. The minimum absolute atomic E-state index is 0.160. The van der Waals surface area contributed by atoms with Crippen LogP contribution in [0.25, 0.3) is 10.2 Å². The molecule has 1 aromatic carbocycles. The summed E-state index contributed by atoms with van der Waals surface area (Å²) in [5.41, 5.74) is 1.18. The Balaban J connectivity index is 2.18. The fourth-order valence-corrected chi connectivity index (χ4v) is 3.66. The molecule has 0 atom stereocenters. The van der Waals surface area contributed by atoms with Gasteiger partial charge in [-0.2, -0.15) is 0 Å². The van der Waals surface area contributed by atoms with Crippen molar-refractivity contribution in [2.45, 2.75) is 20.4 Å². The van der Waals surface area contributed by atoms with Gasteiger partial charge in [-0.3, -0.25) is 9.36 Å². The Hall–Kier alpha value is -2.18. The molecule has 0 saturated heterocycles. The zero-order valence-electron chi connectivity index (χ0n) is 12.5. The molecule has 0 bridgehead atoms. The Bertz CT molecular complexity index is 974. The lowest BCUT2D eigenvalue weighted by Crippen LogP contribution is -2.24. The summed E-state index contributed by atoms with van der Waals surface area (Å²) in [5.74, 6) is -0.484. The number of benzene rings is 1. The van der Waals surface area contributed by atoms with Gasteiger partial charge in [0.1, 0.15) is 15.5 Å². The first kappa shape index (κ1) is 15.7. The molecule has 7 heteroatoms. The van der Waals surface area contributed by atoms with Gasteiger partial charge in [0.2, 0.25) is 0 Å². The van der Waals surface area contributed by atoms with Crippen molar-refractivity contribution in [2.75, 3.05) is 0 Å². The number of aryl methyl sites for hydroxylation is 2. The molecule has 0 saturated carbocycles. The van der Waals surface area contributed by atoms with E-state index in [1.54, 1.807) is 30.5 Å². The fourth-order valence-electron chi connectivity index (χ4n) is 2.48. The van der Waals surface area contributed by atoms with E-state index in [9.17, 15) is 14.7 Å². The second-order valence-corrected chi connectivity index (χ2v) is 6.65. The van der Waals surface area contributed by atoms with E-state index in [0.29, 0.717) is 33.2 Å². The molecule has 2 aromatic heterocycles. The van der Waals surface area contributed by atoms with Crippen molar-refractivity contribution < 1.29 is 9.90 Å². The largest absolute Gasteiger partial charge is 0.477 e. The summed E-state index contributed by atoms with van der Waals surface area (Å²) in [6.45, 7) is 3.75. The van der Waals surface area contributed by atoms with Crippen molar-refractivity contribution in [3.8, 4) is 0 Å². The van der Waals surface area contributed by atoms with E-state index in [2.05, 4.69) is 4.98 Å².